The van der Waals surface area contributed by atoms with Gasteiger partial charge < -0.3 is 10.1 Å². The number of hydrogen-bond donors (Lipinski definition) is 1. The first-order valence-corrected chi connectivity index (χ1v) is 6.83. The number of aromatic nitrogens is 2. The van der Waals surface area contributed by atoms with Crippen LogP contribution in [0.15, 0.2) is 17.8 Å². The predicted octanol–water partition coefficient (Wildman–Crippen LogP) is 2.16. The quantitative estimate of drug-likeness (QED) is 0.769. The molecule has 0 bridgehead atoms. The summed E-state index contributed by atoms with van der Waals surface area (Å²) in [6.45, 7) is 7.59. The van der Waals surface area contributed by atoms with Gasteiger partial charge in [-0.15, -0.1) is 11.3 Å². The highest BCUT2D eigenvalue weighted by Crippen LogP contribution is 2.10. The van der Waals surface area contributed by atoms with E-state index in [1.54, 1.807) is 11.3 Å². The number of ether oxygens (including phenoxy) is 1. The molecule has 0 amide bonds. The van der Waals surface area contributed by atoms with Crippen LogP contribution in [0.4, 0.5) is 0 Å². The van der Waals surface area contributed by atoms with E-state index >= 15 is 0 Å². The summed E-state index contributed by atoms with van der Waals surface area (Å²) in [6.07, 6.45) is 4.09. The van der Waals surface area contributed by atoms with E-state index in [9.17, 15) is 0 Å². The number of rotatable bonds is 7. The van der Waals surface area contributed by atoms with Gasteiger partial charge in [0, 0.05) is 37.5 Å². The maximum Gasteiger partial charge on any atom is 0.193 e. The molecule has 2 heterocycles. The van der Waals surface area contributed by atoms with Gasteiger partial charge in [-0.25, -0.2) is 4.98 Å². The number of hydrogen-bond acceptors (Lipinski definition) is 4. The van der Waals surface area contributed by atoms with Gasteiger partial charge in [-0.3, -0.25) is 4.40 Å². The minimum absolute atomic E-state index is 0.606. The summed E-state index contributed by atoms with van der Waals surface area (Å²) >= 11 is 1.66. The average molecular weight is 253 g/mol. The maximum absolute atomic E-state index is 5.49. The van der Waals surface area contributed by atoms with E-state index in [0.717, 1.165) is 37.0 Å². The van der Waals surface area contributed by atoms with E-state index in [2.05, 4.69) is 34.7 Å². The van der Waals surface area contributed by atoms with E-state index < -0.39 is 0 Å². The van der Waals surface area contributed by atoms with Gasteiger partial charge in [0.15, 0.2) is 4.96 Å². The fraction of sp³-hybridized carbons (Fsp3) is 0.583. The van der Waals surface area contributed by atoms with Gasteiger partial charge in [0.1, 0.15) is 0 Å². The zero-order chi connectivity index (χ0) is 12.1. The molecule has 0 fully saturated rings. The number of thiazole rings is 1. The van der Waals surface area contributed by atoms with Gasteiger partial charge in [-0.1, -0.05) is 13.8 Å². The second-order valence-corrected chi connectivity index (χ2v) is 5.34. The highest BCUT2D eigenvalue weighted by molar-refractivity contribution is 7.15. The topological polar surface area (TPSA) is 38.6 Å². The van der Waals surface area contributed by atoms with Gasteiger partial charge in [-0.05, 0) is 5.92 Å². The maximum atomic E-state index is 5.49. The molecule has 0 saturated heterocycles. The highest BCUT2D eigenvalue weighted by Gasteiger charge is 2.01. The number of fused-ring (bicyclic) bond motifs is 1. The molecule has 0 radical (unpaired) electrons. The molecular weight excluding hydrogens is 234 g/mol. The van der Waals surface area contributed by atoms with Crippen molar-refractivity contribution in [1.29, 1.82) is 0 Å². The Bertz CT molecular complexity index is 421. The first-order chi connectivity index (χ1) is 8.25. The Morgan fingerprint density at radius 1 is 1.53 bits per heavy atom. The minimum atomic E-state index is 0.606. The van der Waals surface area contributed by atoms with Crippen LogP contribution in [0.3, 0.4) is 0 Å². The molecule has 0 aliphatic carbocycles. The molecule has 5 heteroatoms. The Balaban J connectivity index is 1.64. The SMILES string of the molecule is CC(C)COCCNCc1cn2ccsc2n1. The minimum Gasteiger partial charge on any atom is -0.380 e. The number of imidazole rings is 1. The average Bonchev–Trinajstić information content (AvgIpc) is 2.82. The van der Waals surface area contributed by atoms with Gasteiger partial charge in [0.05, 0.1) is 12.3 Å². The summed E-state index contributed by atoms with van der Waals surface area (Å²) in [5.74, 6) is 0.606. The van der Waals surface area contributed by atoms with Crippen LogP contribution in [-0.2, 0) is 11.3 Å². The first kappa shape index (κ1) is 12.5. The normalized spacial score (nSPS) is 11.7. The number of nitrogens with one attached hydrogen (secondary N) is 1. The monoisotopic (exact) mass is 253 g/mol. The van der Waals surface area contributed by atoms with E-state index in [0.29, 0.717) is 5.92 Å². The highest BCUT2D eigenvalue weighted by atomic mass is 32.1. The Morgan fingerprint density at radius 2 is 2.41 bits per heavy atom. The van der Waals surface area contributed by atoms with E-state index in [4.69, 9.17) is 4.74 Å². The molecule has 0 unspecified atom stereocenters. The summed E-state index contributed by atoms with van der Waals surface area (Å²) < 4.78 is 7.54. The van der Waals surface area contributed by atoms with Gasteiger partial charge >= 0.3 is 0 Å². The molecule has 0 atom stereocenters. The van der Waals surface area contributed by atoms with Crippen LogP contribution >= 0.6 is 11.3 Å². The second kappa shape index (κ2) is 6.14. The van der Waals surface area contributed by atoms with Crippen LogP contribution in [0.2, 0.25) is 0 Å². The van der Waals surface area contributed by atoms with Gasteiger partial charge in [-0.2, -0.15) is 0 Å². The Kier molecular flexibility index (Phi) is 4.53. The third-order valence-electron chi connectivity index (χ3n) is 2.32. The van der Waals surface area contributed by atoms with Crippen molar-refractivity contribution in [2.24, 2.45) is 5.92 Å². The van der Waals surface area contributed by atoms with E-state index in [1.165, 1.54) is 0 Å². The van der Waals surface area contributed by atoms with Crippen molar-refractivity contribution < 1.29 is 4.74 Å². The van der Waals surface area contributed by atoms with Crippen LogP contribution in [0, 0.1) is 5.92 Å². The fourth-order valence-electron chi connectivity index (χ4n) is 1.54. The molecule has 17 heavy (non-hydrogen) atoms. The molecule has 94 valence electrons. The number of nitrogens with zero attached hydrogens (tertiary/aromatic N) is 2. The molecule has 0 spiro atoms. The molecule has 2 aromatic heterocycles. The Labute approximate surface area is 106 Å². The summed E-state index contributed by atoms with van der Waals surface area (Å²) in [5.41, 5.74) is 1.08. The molecule has 0 aromatic carbocycles. The van der Waals surface area contributed by atoms with Crippen LogP contribution in [0.5, 0.6) is 0 Å². The van der Waals surface area contributed by atoms with Crippen molar-refractivity contribution in [2.75, 3.05) is 19.8 Å². The predicted molar refractivity (Wildman–Crippen MR) is 70.4 cm³/mol. The molecule has 4 nitrogen and oxygen atoms in total. The summed E-state index contributed by atoms with van der Waals surface area (Å²) in [7, 11) is 0. The molecule has 0 aliphatic rings. The van der Waals surface area contributed by atoms with E-state index in [1.807, 2.05) is 11.6 Å². The lowest BCUT2D eigenvalue weighted by Crippen LogP contribution is -2.20. The van der Waals surface area contributed by atoms with Crippen molar-refractivity contribution in [1.82, 2.24) is 14.7 Å². The molecule has 1 N–H and O–H groups in total. The van der Waals surface area contributed by atoms with Gasteiger partial charge in [0.2, 0.25) is 0 Å². The van der Waals surface area contributed by atoms with Crippen LogP contribution in [-0.4, -0.2) is 29.1 Å². The van der Waals surface area contributed by atoms with Crippen LogP contribution < -0.4 is 5.32 Å². The summed E-state index contributed by atoms with van der Waals surface area (Å²) in [6, 6.07) is 0. The van der Waals surface area contributed by atoms with Gasteiger partial charge in [0.25, 0.3) is 0 Å². The molecule has 0 aliphatic heterocycles. The van der Waals surface area contributed by atoms with Crippen molar-refractivity contribution in [3.05, 3.63) is 23.5 Å². The summed E-state index contributed by atoms with van der Waals surface area (Å²) in [4.78, 5) is 5.55. The van der Waals surface area contributed by atoms with Crippen molar-refractivity contribution in [2.45, 2.75) is 20.4 Å². The van der Waals surface area contributed by atoms with Crippen molar-refractivity contribution >= 4 is 16.3 Å². The zero-order valence-corrected chi connectivity index (χ0v) is 11.2. The van der Waals surface area contributed by atoms with E-state index in [-0.39, 0.29) is 0 Å². The Hall–Kier alpha value is -0.910. The summed E-state index contributed by atoms with van der Waals surface area (Å²) in [5, 5.41) is 5.37. The third kappa shape index (κ3) is 3.80. The fourth-order valence-corrected chi connectivity index (χ4v) is 2.26. The molecule has 0 saturated carbocycles. The molecule has 2 rings (SSSR count). The lowest BCUT2D eigenvalue weighted by molar-refractivity contribution is 0.111. The standard InChI is InChI=1S/C12H19N3OS/c1-10(2)9-16-5-3-13-7-11-8-15-4-6-17-12(15)14-11/h4,6,8,10,13H,3,5,7,9H2,1-2H3. The van der Waals surface area contributed by atoms with Crippen molar-refractivity contribution in [3.63, 3.8) is 0 Å². The molecule has 2 aromatic rings. The van der Waals surface area contributed by atoms with Crippen LogP contribution in [0.1, 0.15) is 19.5 Å². The van der Waals surface area contributed by atoms with Crippen LogP contribution in [0.25, 0.3) is 4.96 Å². The zero-order valence-electron chi connectivity index (χ0n) is 10.3. The third-order valence-corrected chi connectivity index (χ3v) is 3.09. The smallest absolute Gasteiger partial charge is 0.193 e. The second-order valence-electron chi connectivity index (χ2n) is 4.47. The Morgan fingerprint density at radius 3 is 3.18 bits per heavy atom. The lowest BCUT2D eigenvalue weighted by atomic mass is 10.2. The largest absolute Gasteiger partial charge is 0.380 e. The molecular formula is C12H19N3OS. The van der Waals surface area contributed by atoms with Crippen molar-refractivity contribution in [3.8, 4) is 0 Å². The lowest BCUT2D eigenvalue weighted by Gasteiger charge is -2.06. The first-order valence-electron chi connectivity index (χ1n) is 5.95.